The number of nitrogens with one attached hydrogen (secondary N) is 1. The van der Waals surface area contributed by atoms with Gasteiger partial charge in [0.15, 0.2) is 0 Å². The lowest BCUT2D eigenvalue weighted by Gasteiger charge is -2.07. The minimum atomic E-state index is 0.0983. The summed E-state index contributed by atoms with van der Waals surface area (Å²) in [7, 11) is 0. The lowest BCUT2D eigenvalue weighted by atomic mass is 10.1. The smallest absolute Gasteiger partial charge is 0.220 e. The van der Waals surface area contributed by atoms with Gasteiger partial charge in [0.05, 0.1) is 5.69 Å². The van der Waals surface area contributed by atoms with Gasteiger partial charge < -0.3 is 5.32 Å². The van der Waals surface area contributed by atoms with Crippen LogP contribution < -0.4 is 5.32 Å². The van der Waals surface area contributed by atoms with Gasteiger partial charge >= 0.3 is 0 Å². The molecule has 0 fully saturated rings. The fourth-order valence-corrected chi connectivity index (χ4v) is 2.93. The molecule has 0 radical (unpaired) electrons. The van der Waals surface area contributed by atoms with Crippen molar-refractivity contribution in [3.8, 4) is 5.69 Å². The fraction of sp³-hybridized carbons (Fsp3) is 0.250. The van der Waals surface area contributed by atoms with E-state index in [1.54, 1.807) is 11.0 Å². The number of halogens is 1. The van der Waals surface area contributed by atoms with Crippen LogP contribution in [0.2, 0.25) is 0 Å². The van der Waals surface area contributed by atoms with Crippen molar-refractivity contribution in [1.82, 2.24) is 20.1 Å². The first-order valence-electron chi connectivity index (χ1n) is 8.66. The predicted molar refractivity (Wildman–Crippen MR) is 105 cm³/mol. The second-order valence-corrected chi connectivity index (χ2v) is 7.03. The normalized spacial score (nSPS) is 10.7. The van der Waals surface area contributed by atoms with Gasteiger partial charge in [-0.15, -0.1) is 0 Å². The first-order valence-corrected chi connectivity index (χ1v) is 9.45. The summed E-state index contributed by atoms with van der Waals surface area (Å²) >= 11 is 3.44. The van der Waals surface area contributed by atoms with Crippen molar-refractivity contribution in [3.63, 3.8) is 0 Å². The number of carbonyl (C=O) groups is 1. The standard InChI is InChI=1S/C20H21BrN4O/c21-18-9-5-16(6-10-18)3-1-2-4-20(26)23-13-17-7-11-19(12-8-17)25-15-22-14-24-25/h5-12,14-15H,1-4,13H2,(H,23,26). The van der Waals surface area contributed by atoms with Crippen LogP contribution in [0.3, 0.4) is 0 Å². The molecule has 1 heterocycles. The molecule has 0 aliphatic heterocycles. The molecule has 0 spiro atoms. The van der Waals surface area contributed by atoms with Crippen LogP contribution in [0.25, 0.3) is 5.69 Å². The monoisotopic (exact) mass is 412 g/mol. The highest BCUT2D eigenvalue weighted by molar-refractivity contribution is 9.10. The maximum absolute atomic E-state index is 12.0. The van der Waals surface area contributed by atoms with E-state index < -0.39 is 0 Å². The molecule has 0 bridgehead atoms. The van der Waals surface area contributed by atoms with Gasteiger partial charge in [-0.05, 0) is 54.7 Å². The highest BCUT2D eigenvalue weighted by Crippen LogP contribution is 2.13. The van der Waals surface area contributed by atoms with Crippen LogP contribution in [0, 0.1) is 0 Å². The second-order valence-electron chi connectivity index (χ2n) is 6.12. The van der Waals surface area contributed by atoms with Crippen LogP contribution in [-0.2, 0) is 17.8 Å². The Morgan fingerprint density at radius 2 is 1.73 bits per heavy atom. The summed E-state index contributed by atoms with van der Waals surface area (Å²) in [6.45, 7) is 0.545. The van der Waals surface area contributed by atoms with Gasteiger partial charge in [0.2, 0.25) is 5.91 Å². The molecule has 1 aromatic heterocycles. The number of aryl methyl sites for hydroxylation is 1. The van der Waals surface area contributed by atoms with Crippen LogP contribution in [0.4, 0.5) is 0 Å². The van der Waals surface area contributed by atoms with Crippen molar-refractivity contribution in [1.29, 1.82) is 0 Å². The zero-order valence-corrected chi connectivity index (χ0v) is 16.0. The number of benzene rings is 2. The number of carbonyl (C=O) groups excluding carboxylic acids is 1. The Hall–Kier alpha value is -2.47. The summed E-state index contributed by atoms with van der Waals surface area (Å²) in [5, 5.41) is 7.07. The minimum absolute atomic E-state index is 0.0983. The third-order valence-electron chi connectivity index (χ3n) is 4.14. The Labute approximate surface area is 161 Å². The maximum Gasteiger partial charge on any atom is 0.220 e. The molecule has 3 rings (SSSR count). The van der Waals surface area contributed by atoms with Gasteiger partial charge in [-0.2, -0.15) is 5.10 Å². The van der Waals surface area contributed by atoms with E-state index in [1.165, 1.54) is 11.9 Å². The number of hydrogen-bond acceptors (Lipinski definition) is 3. The van der Waals surface area contributed by atoms with Gasteiger partial charge in [-0.3, -0.25) is 4.79 Å². The summed E-state index contributed by atoms with van der Waals surface area (Å²) in [6, 6.07) is 16.3. The average molecular weight is 413 g/mol. The summed E-state index contributed by atoms with van der Waals surface area (Å²) < 4.78 is 2.79. The van der Waals surface area contributed by atoms with E-state index in [-0.39, 0.29) is 5.91 Å². The molecule has 1 N–H and O–H groups in total. The van der Waals surface area contributed by atoms with E-state index in [0.717, 1.165) is 35.0 Å². The zero-order chi connectivity index (χ0) is 18.2. The molecule has 0 unspecified atom stereocenters. The quantitative estimate of drug-likeness (QED) is 0.567. The topological polar surface area (TPSA) is 59.8 Å². The molecular formula is C20H21BrN4O. The molecule has 5 nitrogen and oxygen atoms in total. The first kappa shape index (κ1) is 18.3. The minimum Gasteiger partial charge on any atom is -0.352 e. The van der Waals surface area contributed by atoms with E-state index in [4.69, 9.17) is 0 Å². The van der Waals surface area contributed by atoms with Gasteiger partial charge in [-0.1, -0.05) is 40.2 Å². The summed E-state index contributed by atoms with van der Waals surface area (Å²) in [4.78, 5) is 15.9. The van der Waals surface area contributed by atoms with Crippen molar-refractivity contribution in [3.05, 3.63) is 76.8 Å². The largest absolute Gasteiger partial charge is 0.352 e. The van der Waals surface area contributed by atoms with Gasteiger partial charge in [0, 0.05) is 17.4 Å². The maximum atomic E-state index is 12.0. The zero-order valence-electron chi connectivity index (χ0n) is 14.4. The van der Waals surface area contributed by atoms with E-state index in [2.05, 4.69) is 55.6 Å². The molecule has 1 amide bonds. The Kier molecular flexibility index (Phi) is 6.55. The number of unbranched alkanes of at least 4 members (excludes halogenated alkanes) is 1. The molecule has 26 heavy (non-hydrogen) atoms. The molecule has 0 saturated carbocycles. The first-order chi connectivity index (χ1) is 12.7. The third-order valence-corrected chi connectivity index (χ3v) is 4.67. The average Bonchev–Trinajstić information content (AvgIpc) is 3.20. The lowest BCUT2D eigenvalue weighted by molar-refractivity contribution is -0.121. The molecule has 0 aliphatic rings. The van der Waals surface area contributed by atoms with Crippen LogP contribution in [-0.4, -0.2) is 20.7 Å². The Bertz CT molecular complexity index is 814. The number of rotatable bonds is 8. The number of nitrogens with zero attached hydrogens (tertiary/aromatic N) is 3. The van der Waals surface area contributed by atoms with E-state index in [1.807, 2.05) is 24.3 Å². The lowest BCUT2D eigenvalue weighted by Crippen LogP contribution is -2.22. The van der Waals surface area contributed by atoms with Crippen molar-refractivity contribution < 1.29 is 4.79 Å². The van der Waals surface area contributed by atoms with E-state index >= 15 is 0 Å². The van der Waals surface area contributed by atoms with Crippen LogP contribution >= 0.6 is 15.9 Å². The highest BCUT2D eigenvalue weighted by Gasteiger charge is 2.03. The molecule has 0 aliphatic carbocycles. The summed E-state index contributed by atoms with van der Waals surface area (Å²) in [6.07, 6.45) is 6.64. The van der Waals surface area contributed by atoms with Crippen molar-refractivity contribution in [2.75, 3.05) is 0 Å². The van der Waals surface area contributed by atoms with Gasteiger partial charge in [0.1, 0.15) is 12.7 Å². The van der Waals surface area contributed by atoms with E-state index in [9.17, 15) is 4.79 Å². The van der Waals surface area contributed by atoms with E-state index in [0.29, 0.717) is 13.0 Å². The van der Waals surface area contributed by atoms with Crippen LogP contribution in [0.5, 0.6) is 0 Å². The molecule has 0 saturated heterocycles. The number of aromatic nitrogens is 3. The Balaban J connectivity index is 1.35. The molecule has 6 heteroatoms. The summed E-state index contributed by atoms with van der Waals surface area (Å²) in [5.74, 6) is 0.0983. The van der Waals surface area contributed by atoms with Gasteiger partial charge in [-0.25, -0.2) is 9.67 Å². The molecule has 3 aromatic rings. The summed E-state index contributed by atoms with van der Waals surface area (Å²) in [5.41, 5.74) is 3.32. The predicted octanol–water partition coefficient (Wildman–Crippen LogP) is 4.06. The van der Waals surface area contributed by atoms with Crippen LogP contribution in [0.1, 0.15) is 30.4 Å². The molecule has 134 valence electrons. The Morgan fingerprint density at radius 3 is 2.42 bits per heavy atom. The SMILES string of the molecule is O=C(CCCCc1ccc(Br)cc1)NCc1ccc(-n2cncn2)cc1. The van der Waals surface area contributed by atoms with Crippen molar-refractivity contribution in [2.24, 2.45) is 0 Å². The number of amides is 1. The molecule has 2 aromatic carbocycles. The molecule has 0 atom stereocenters. The second kappa shape index (κ2) is 9.29. The molecular weight excluding hydrogens is 392 g/mol. The third kappa shape index (κ3) is 5.52. The number of hydrogen-bond donors (Lipinski definition) is 1. The van der Waals surface area contributed by atoms with Crippen molar-refractivity contribution in [2.45, 2.75) is 32.2 Å². The van der Waals surface area contributed by atoms with Crippen LogP contribution in [0.15, 0.2) is 65.7 Å². The fourth-order valence-electron chi connectivity index (χ4n) is 2.66. The Morgan fingerprint density at radius 1 is 1.00 bits per heavy atom. The highest BCUT2D eigenvalue weighted by atomic mass is 79.9. The van der Waals surface area contributed by atoms with Crippen molar-refractivity contribution >= 4 is 21.8 Å². The van der Waals surface area contributed by atoms with Gasteiger partial charge in [0.25, 0.3) is 0 Å².